The smallest absolute Gasteiger partial charge is 0.229 e. The van der Waals surface area contributed by atoms with Crippen LogP contribution in [0.1, 0.15) is 26.3 Å². The first-order chi connectivity index (χ1) is 19.8. The molecule has 0 aliphatic heterocycles. The van der Waals surface area contributed by atoms with E-state index in [-0.39, 0.29) is 22.5 Å². The predicted octanol–water partition coefficient (Wildman–Crippen LogP) is 6.65. The summed E-state index contributed by atoms with van der Waals surface area (Å²) in [5, 5.41) is 11.3. The first-order valence-corrected chi connectivity index (χ1v) is 16.0. The molecule has 0 aliphatic carbocycles. The van der Waals surface area contributed by atoms with Crippen molar-refractivity contribution in [1.29, 1.82) is 0 Å². The van der Waals surface area contributed by atoms with Gasteiger partial charge >= 0.3 is 0 Å². The Labute approximate surface area is 248 Å². The van der Waals surface area contributed by atoms with Crippen LogP contribution in [0.15, 0.2) is 49.2 Å². The number of hydrogen-bond donors (Lipinski definition) is 2. The van der Waals surface area contributed by atoms with Crippen LogP contribution in [0.4, 0.5) is 27.5 Å². The van der Waals surface area contributed by atoms with Crippen molar-refractivity contribution in [1.82, 2.24) is 29.7 Å². The molecule has 3 heterocycles. The van der Waals surface area contributed by atoms with Gasteiger partial charge in [-0.25, -0.2) is 9.37 Å². The SMILES string of the molecule is COc1c(Nc2ncc(Cl)c(Nc3ccc4nccnc4c3P(C)(C)=O)n2)cc(-c2cnn(C)c2)c(C(C)(C)C)c1F. The third kappa shape index (κ3) is 5.67. The van der Waals surface area contributed by atoms with E-state index < -0.39 is 18.4 Å². The second-order valence-corrected chi connectivity index (χ2v) is 14.8. The second kappa shape index (κ2) is 11.0. The first-order valence-electron chi connectivity index (χ1n) is 13.0. The number of aryl methyl sites for hydroxylation is 1. The quantitative estimate of drug-likeness (QED) is 0.196. The molecule has 10 nitrogen and oxygen atoms in total. The van der Waals surface area contributed by atoms with Crippen molar-refractivity contribution in [3.63, 3.8) is 0 Å². The molecule has 3 aromatic heterocycles. The number of aromatic nitrogens is 6. The number of methoxy groups -OCH3 is 1. The van der Waals surface area contributed by atoms with Gasteiger partial charge in [0.25, 0.3) is 0 Å². The predicted molar refractivity (Wildman–Crippen MR) is 166 cm³/mol. The van der Waals surface area contributed by atoms with Gasteiger partial charge in [-0.1, -0.05) is 32.4 Å². The molecule has 0 amide bonds. The van der Waals surface area contributed by atoms with Crippen molar-refractivity contribution in [3.05, 3.63) is 65.6 Å². The zero-order valence-electron chi connectivity index (χ0n) is 24.3. The normalized spacial score (nSPS) is 12.0. The molecule has 0 atom stereocenters. The number of ether oxygens (including phenoxy) is 1. The number of rotatable bonds is 7. The van der Waals surface area contributed by atoms with E-state index in [1.165, 1.54) is 13.3 Å². The molecule has 2 aromatic carbocycles. The minimum Gasteiger partial charge on any atom is -0.492 e. The average Bonchev–Trinajstić information content (AvgIpc) is 3.35. The number of halogens is 2. The van der Waals surface area contributed by atoms with Gasteiger partial charge in [-0.3, -0.25) is 14.6 Å². The maximum Gasteiger partial charge on any atom is 0.229 e. The minimum absolute atomic E-state index is 0.0221. The summed E-state index contributed by atoms with van der Waals surface area (Å²) in [6.45, 7) is 9.15. The molecule has 0 bridgehead atoms. The van der Waals surface area contributed by atoms with Gasteiger partial charge in [-0.2, -0.15) is 10.1 Å². The molecule has 5 rings (SSSR count). The van der Waals surface area contributed by atoms with Crippen LogP contribution >= 0.6 is 18.7 Å². The van der Waals surface area contributed by atoms with Gasteiger partial charge < -0.3 is 19.9 Å². The highest BCUT2D eigenvalue weighted by atomic mass is 35.5. The summed E-state index contributed by atoms with van der Waals surface area (Å²) in [5.41, 5.74) is 3.37. The fourth-order valence-electron chi connectivity index (χ4n) is 4.88. The van der Waals surface area contributed by atoms with Crippen molar-refractivity contribution in [3.8, 4) is 16.9 Å². The molecule has 5 aromatic rings. The highest BCUT2D eigenvalue weighted by Gasteiger charge is 2.29. The summed E-state index contributed by atoms with van der Waals surface area (Å²) >= 11 is 6.49. The monoisotopic (exact) mass is 608 g/mol. The molecular weight excluding hydrogens is 578 g/mol. The lowest BCUT2D eigenvalue weighted by molar-refractivity contribution is 0.381. The van der Waals surface area contributed by atoms with Crippen molar-refractivity contribution >= 4 is 58.2 Å². The Balaban J connectivity index is 1.59. The molecule has 0 aliphatic rings. The Morgan fingerprint density at radius 3 is 2.43 bits per heavy atom. The minimum atomic E-state index is -2.82. The van der Waals surface area contributed by atoms with Crippen molar-refractivity contribution in [2.45, 2.75) is 26.2 Å². The Hall–Kier alpha value is -4.08. The lowest BCUT2D eigenvalue weighted by atomic mass is 9.81. The van der Waals surface area contributed by atoms with E-state index in [4.69, 9.17) is 16.3 Å². The maximum absolute atomic E-state index is 16.1. The van der Waals surface area contributed by atoms with Crippen LogP contribution < -0.4 is 20.7 Å². The summed E-state index contributed by atoms with van der Waals surface area (Å²) in [7, 11) is 0.395. The van der Waals surface area contributed by atoms with Gasteiger partial charge in [-0.15, -0.1) is 0 Å². The zero-order chi connectivity index (χ0) is 30.4. The molecule has 13 heteroatoms. The molecule has 0 fully saturated rings. The Morgan fingerprint density at radius 2 is 1.79 bits per heavy atom. The van der Waals surface area contributed by atoms with Gasteiger partial charge in [0.1, 0.15) is 17.7 Å². The number of hydrogen-bond acceptors (Lipinski definition) is 9. The molecular formula is C29H31ClFN8O2P. The van der Waals surface area contributed by atoms with Gasteiger partial charge in [0, 0.05) is 36.8 Å². The lowest BCUT2D eigenvalue weighted by Crippen LogP contribution is -2.17. The Morgan fingerprint density at radius 1 is 1.05 bits per heavy atom. The van der Waals surface area contributed by atoms with Gasteiger partial charge in [0.2, 0.25) is 5.95 Å². The van der Waals surface area contributed by atoms with Gasteiger partial charge in [-0.05, 0) is 42.5 Å². The van der Waals surface area contributed by atoms with E-state index in [2.05, 4.69) is 35.7 Å². The number of nitrogens with one attached hydrogen (secondary N) is 2. The maximum atomic E-state index is 16.1. The Bertz CT molecular complexity index is 1870. The topological polar surface area (TPSA) is 120 Å². The van der Waals surface area contributed by atoms with Crippen LogP contribution in [0.2, 0.25) is 5.02 Å². The average molecular weight is 609 g/mol. The third-order valence-corrected chi connectivity index (χ3v) is 8.39. The molecule has 0 radical (unpaired) electrons. The highest BCUT2D eigenvalue weighted by Crippen LogP contribution is 2.44. The number of anilines is 4. The van der Waals surface area contributed by atoms with Gasteiger partial charge in [0.15, 0.2) is 17.4 Å². The van der Waals surface area contributed by atoms with Crippen molar-refractivity contribution in [2.24, 2.45) is 7.05 Å². The van der Waals surface area contributed by atoms with Crippen LogP contribution in [0, 0.1) is 5.82 Å². The molecule has 0 saturated heterocycles. The summed E-state index contributed by atoms with van der Waals surface area (Å²) in [4.78, 5) is 17.6. The molecule has 2 N–H and O–H groups in total. The number of nitrogens with zero attached hydrogens (tertiary/aromatic N) is 6. The summed E-state index contributed by atoms with van der Waals surface area (Å²) in [6, 6.07) is 5.35. The summed E-state index contributed by atoms with van der Waals surface area (Å²) in [6.07, 6.45) is 8.08. The van der Waals surface area contributed by atoms with Crippen molar-refractivity contribution < 1.29 is 13.7 Å². The molecule has 0 unspecified atom stereocenters. The molecule has 0 saturated carbocycles. The van der Waals surface area contributed by atoms with E-state index in [1.54, 1.807) is 61.8 Å². The third-order valence-electron chi connectivity index (χ3n) is 6.59. The molecule has 0 spiro atoms. The number of benzene rings is 2. The fourth-order valence-corrected chi connectivity index (χ4v) is 6.41. The second-order valence-electron chi connectivity index (χ2n) is 11.2. The Kier molecular flexibility index (Phi) is 7.68. The van der Waals surface area contributed by atoms with Crippen LogP contribution in [-0.4, -0.2) is 50.2 Å². The largest absolute Gasteiger partial charge is 0.492 e. The lowest BCUT2D eigenvalue weighted by Gasteiger charge is -2.26. The zero-order valence-corrected chi connectivity index (χ0v) is 26.0. The molecule has 42 heavy (non-hydrogen) atoms. The highest BCUT2D eigenvalue weighted by molar-refractivity contribution is 7.71. The standard InChI is InChI=1S/C29H31ClFN8O2P/c1-29(2,3)22-17(16-13-35-39(4)15-16)12-21(25(41-5)23(22)31)37-28-34-14-18(30)27(38-28)36-20-9-8-19-24(33-11-10-32-19)26(20)42(6,7)40/h8-15H,1-7H3,(H2,34,36,37,38). The van der Waals surface area contributed by atoms with E-state index >= 15 is 4.39 Å². The van der Waals surface area contributed by atoms with Crippen LogP contribution in [-0.2, 0) is 17.0 Å². The van der Waals surface area contributed by atoms with Crippen LogP contribution in [0.5, 0.6) is 5.75 Å². The summed E-state index contributed by atoms with van der Waals surface area (Å²) < 4.78 is 36.6. The molecule has 218 valence electrons. The summed E-state index contributed by atoms with van der Waals surface area (Å²) in [5.74, 6) is -0.0810. The van der Waals surface area contributed by atoms with E-state index in [1.807, 2.05) is 27.0 Å². The van der Waals surface area contributed by atoms with Crippen LogP contribution in [0.25, 0.3) is 22.2 Å². The van der Waals surface area contributed by atoms with E-state index in [0.717, 1.165) is 5.56 Å². The van der Waals surface area contributed by atoms with Crippen LogP contribution in [0.3, 0.4) is 0 Å². The number of fused-ring (bicyclic) bond motifs is 1. The van der Waals surface area contributed by atoms with E-state index in [0.29, 0.717) is 38.8 Å². The van der Waals surface area contributed by atoms with E-state index in [9.17, 15) is 4.57 Å². The van der Waals surface area contributed by atoms with Crippen molar-refractivity contribution in [2.75, 3.05) is 31.1 Å². The first kappa shape index (κ1) is 29.4. The van der Waals surface area contributed by atoms with Gasteiger partial charge in [0.05, 0.1) is 41.7 Å². The fraction of sp³-hybridized carbons (Fsp3) is 0.276.